The number of ether oxygens (including phenoxy) is 2. The molecule has 0 aliphatic carbocycles. The number of aliphatic hydroxyl groups excluding tert-OH is 2. The Kier molecular flexibility index (Phi) is 41.1. The minimum absolute atomic E-state index is 0.124. The number of aliphatic imine (C=N–C) groups is 2. The molecule has 0 saturated carbocycles. The summed E-state index contributed by atoms with van der Waals surface area (Å²) >= 11 is 14.1. The van der Waals surface area contributed by atoms with Crippen molar-refractivity contribution in [1.29, 1.82) is 0 Å². The van der Waals surface area contributed by atoms with Gasteiger partial charge in [-0.25, -0.2) is 19.6 Å². The Labute approximate surface area is 303 Å². The highest BCUT2D eigenvalue weighted by Gasteiger charge is 2.02. The van der Waals surface area contributed by atoms with Crippen LogP contribution in [0.3, 0.4) is 0 Å². The maximum Gasteiger partial charge on any atom is 0.408 e. The van der Waals surface area contributed by atoms with Crippen LogP contribution in [0.5, 0.6) is 0 Å². The van der Waals surface area contributed by atoms with E-state index in [4.69, 9.17) is 39.2 Å². The highest BCUT2D eigenvalue weighted by molar-refractivity contribution is 8.22. The second kappa shape index (κ2) is 40.6. The lowest BCUT2D eigenvalue weighted by atomic mass is 10.8. The molecule has 4 N–H and O–H groups in total. The van der Waals surface area contributed by atoms with E-state index in [9.17, 15) is 9.59 Å². The minimum Gasteiger partial charge on any atom is -0.449 e. The molecular weight excluding hydrogens is 769 g/mol. The quantitative estimate of drug-likeness (QED) is 0.0178. The van der Waals surface area contributed by atoms with Crippen LogP contribution in [0.15, 0.2) is 9.98 Å². The van der Waals surface area contributed by atoms with E-state index < -0.39 is 12.2 Å². The zero-order valence-corrected chi connectivity index (χ0v) is 32.0. The fourth-order valence-electron chi connectivity index (χ4n) is 1.93. The lowest BCUT2D eigenvalue weighted by molar-refractivity contribution is -0.210. The van der Waals surface area contributed by atoms with Gasteiger partial charge in [-0.05, 0) is 0 Å². The number of aliphatic hydroxyl groups is 2. The van der Waals surface area contributed by atoms with Gasteiger partial charge in [0.2, 0.25) is 12.8 Å². The Morgan fingerprint density at radius 3 is 1.73 bits per heavy atom. The Morgan fingerprint density at radius 1 is 0.578 bits per heavy atom. The van der Waals surface area contributed by atoms with Crippen LogP contribution in [-0.2, 0) is 29.0 Å². The number of hydrogen-bond donors (Lipinski definition) is 4. The van der Waals surface area contributed by atoms with Crippen molar-refractivity contribution in [2.24, 2.45) is 9.98 Å². The van der Waals surface area contributed by atoms with Gasteiger partial charge >= 0.3 is 12.2 Å². The number of amides is 2. The van der Waals surface area contributed by atoms with Crippen molar-refractivity contribution in [3.8, 4) is 0 Å². The number of carbonyl (C=O) groups excluding carboxylic acids is 2. The minimum atomic E-state index is -0.444. The number of rotatable bonds is 34. The fourth-order valence-corrected chi connectivity index (χ4v) is 8.65. The molecule has 0 aromatic carbocycles. The van der Waals surface area contributed by atoms with Gasteiger partial charge in [0.25, 0.3) is 0 Å². The molecule has 2 amide bonds. The molecule has 0 radical (unpaired) electrons. The van der Waals surface area contributed by atoms with E-state index in [2.05, 4.69) is 20.6 Å². The number of hydrogen-bond acceptors (Lipinski definition) is 21. The molecule has 14 nitrogen and oxygen atoms in total. The monoisotopic (exact) mass is 810 g/mol. The molecule has 0 heterocycles. The predicted octanol–water partition coefficient (Wildman–Crippen LogP) is 4.55. The van der Waals surface area contributed by atoms with Crippen molar-refractivity contribution in [3.05, 3.63) is 0 Å². The van der Waals surface area contributed by atoms with Gasteiger partial charge in [0.15, 0.2) is 0 Å². The summed E-state index contributed by atoms with van der Waals surface area (Å²) in [5.41, 5.74) is 0. The molecule has 0 aromatic rings. The molecule has 45 heavy (non-hydrogen) atoms. The second-order valence-corrected chi connectivity index (χ2v) is 17.6. The van der Waals surface area contributed by atoms with Crippen LogP contribution < -0.4 is 10.6 Å². The van der Waals surface area contributed by atoms with E-state index in [1.807, 2.05) is 0 Å². The van der Waals surface area contributed by atoms with Crippen LogP contribution >= 0.6 is 106 Å². The largest absolute Gasteiger partial charge is 0.449 e. The highest BCUT2D eigenvalue weighted by atomic mass is 32.2. The Hall–Kier alpha value is 0.470. The molecule has 0 spiro atoms. The summed E-state index contributed by atoms with van der Waals surface area (Å²) in [6, 6.07) is 0. The molecule has 0 fully saturated rings. The smallest absolute Gasteiger partial charge is 0.408 e. The first-order chi connectivity index (χ1) is 22.2. The lowest BCUT2D eigenvalue weighted by Crippen LogP contribution is -2.24. The topological polar surface area (TPSA) is 179 Å². The van der Waals surface area contributed by atoms with Gasteiger partial charge in [0.05, 0.1) is 36.7 Å². The third kappa shape index (κ3) is 40.6. The number of nitrogens with one attached hydrogen (secondary N) is 2. The zero-order chi connectivity index (χ0) is 32.7. The number of carbonyl (C=O) groups is 2. The van der Waals surface area contributed by atoms with Gasteiger partial charge in [-0.15, -0.1) is 82.3 Å². The van der Waals surface area contributed by atoms with Gasteiger partial charge in [-0.2, -0.15) is 33.3 Å². The van der Waals surface area contributed by atoms with E-state index in [-0.39, 0.29) is 19.2 Å². The van der Waals surface area contributed by atoms with Crippen LogP contribution in [-0.4, -0.2) is 140 Å². The van der Waals surface area contributed by atoms with E-state index >= 15 is 0 Å². The number of alkyl carbamates (subject to hydrolysis) is 2. The summed E-state index contributed by atoms with van der Waals surface area (Å²) in [7, 11) is 0. The van der Waals surface area contributed by atoms with Crippen LogP contribution in [0, 0.1) is 0 Å². The summed E-state index contributed by atoms with van der Waals surface area (Å²) in [6.45, 7) is 1.04. The number of nitrogens with zero attached hydrogens (tertiary/aromatic N) is 2. The summed E-state index contributed by atoms with van der Waals surface area (Å²) in [5, 5.41) is 25.8. The fraction of sp³-hybridized carbons (Fsp3) is 0.818. The van der Waals surface area contributed by atoms with Crippen LogP contribution in [0.1, 0.15) is 0 Å². The Balaban J connectivity index is 3.27. The predicted molar refractivity (Wildman–Crippen MR) is 201 cm³/mol. The zero-order valence-electron chi connectivity index (χ0n) is 24.6. The van der Waals surface area contributed by atoms with E-state index in [1.54, 1.807) is 82.3 Å². The maximum atomic E-state index is 11.7. The normalized spacial score (nSPS) is 11.2. The van der Waals surface area contributed by atoms with E-state index in [1.165, 1.54) is 36.3 Å². The van der Waals surface area contributed by atoms with Gasteiger partial charge in [0.1, 0.15) is 25.1 Å². The maximum absolute atomic E-state index is 11.7. The number of thioether (sulfide) groups is 9. The molecule has 0 aliphatic rings. The van der Waals surface area contributed by atoms with Gasteiger partial charge < -0.3 is 40.1 Å². The first kappa shape index (κ1) is 45.5. The van der Waals surface area contributed by atoms with Crippen molar-refractivity contribution >= 4 is 131 Å². The van der Waals surface area contributed by atoms with Crippen molar-refractivity contribution < 1.29 is 48.8 Å². The summed E-state index contributed by atoms with van der Waals surface area (Å²) in [5.74, 6) is 5.32. The molecule has 264 valence electrons. The van der Waals surface area contributed by atoms with Crippen molar-refractivity contribution in [1.82, 2.24) is 10.6 Å². The van der Waals surface area contributed by atoms with Crippen LogP contribution in [0.25, 0.3) is 0 Å². The van der Waals surface area contributed by atoms with E-state index in [0.717, 1.165) is 26.1 Å². The Morgan fingerprint density at radius 2 is 1.11 bits per heavy atom. The molecule has 0 saturated heterocycles. The average molecular weight is 811 g/mol. The molecular formula is C22H42N4O10S9. The van der Waals surface area contributed by atoms with E-state index in [0.29, 0.717) is 59.9 Å². The molecule has 0 unspecified atom stereocenters. The summed E-state index contributed by atoms with van der Waals surface area (Å²) in [6.07, 6.45) is 1.64. The first-order valence-electron chi connectivity index (χ1n) is 13.0. The molecule has 0 rings (SSSR count). The van der Waals surface area contributed by atoms with Crippen LogP contribution in [0.2, 0.25) is 0 Å². The molecule has 0 atom stereocenters. The molecule has 0 aromatic heterocycles. The third-order valence-electron chi connectivity index (χ3n) is 3.65. The second-order valence-electron chi connectivity index (χ2n) is 6.98. The third-order valence-corrected chi connectivity index (χ3v) is 12.7. The lowest BCUT2D eigenvalue weighted by Gasteiger charge is -2.06. The molecule has 0 bridgehead atoms. The van der Waals surface area contributed by atoms with Crippen molar-refractivity contribution in [2.75, 3.05) is 105 Å². The average Bonchev–Trinajstić information content (AvgIpc) is 3.04. The van der Waals surface area contributed by atoms with Gasteiger partial charge in [0, 0.05) is 43.4 Å². The van der Waals surface area contributed by atoms with Crippen molar-refractivity contribution in [3.63, 3.8) is 0 Å². The van der Waals surface area contributed by atoms with Crippen molar-refractivity contribution in [2.45, 2.75) is 0 Å². The molecule has 23 heteroatoms. The summed E-state index contributed by atoms with van der Waals surface area (Å²) < 4.78 is 10.1. The Bertz CT molecular complexity index is 728. The standard InChI is InChI=1S/C22H42N4O10S9/c27-1-5-37-7-3-31-21(29)25-13-41-17-40-12-24-10-35-36-16-44-20-45-19-43-15-32-22(30)26-14-42-18-39-11-23-9-34-33-4-8-38-6-2-28/h9-10,27-28H,1-8,11-20H2,(H,25,29)(H,26,30)/b23-9+,24-10+. The van der Waals surface area contributed by atoms with Gasteiger partial charge in [-0.1, -0.05) is 0 Å². The first-order valence-corrected chi connectivity index (χ1v) is 23.4. The van der Waals surface area contributed by atoms with Crippen LogP contribution in [0.4, 0.5) is 9.59 Å². The molecule has 0 aliphatic heterocycles. The summed E-state index contributed by atoms with van der Waals surface area (Å²) in [4.78, 5) is 50.9. The highest BCUT2D eigenvalue weighted by Crippen LogP contribution is 2.18. The SMILES string of the molecule is O=C(NCSCSC/N=C/OOCSCSCSCOC(=O)NCSCSC/N=C/OOCCSCCO)OCCSCCO. The van der Waals surface area contributed by atoms with Gasteiger partial charge in [-0.3, -0.25) is 0 Å².